The molecule has 1 aromatic carbocycles. The van der Waals surface area contributed by atoms with Gasteiger partial charge in [0.2, 0.25) is 0 Å². The zero-order valence-corrected chi connectivity index (χ0v) is 8.93. The van der Waals surface area contributed by atoms with Crippen LogP contribution < -0.4 is 0 Å². The Morgan fingerprint density at radius 3 is 2.79 bits per heavy atom. The fourth-order valence-electron chi connectivity index (χ4n) is 1.02. The first kappa shape index (κ1) is 10.9. The number of ether oxygens (including phenoxy) is 1. The average molecular weight is 212 g/mol. The Morgan fingerprint density at radius 1 is 1.57 bits per heavy atom. The van der Waals surface area contributed by atoms with Crippen LogP contribution in [0.3, 0.4) is 0 Å². The van der Waals surface area contributed by atoms with E-state index in [9.17, 15) is 9.90 Å². The van der Waals surface area contributed by atoms with E-state index >= 15 is 0 Å². The van der Waals surface area contributed by atoms with E-state index in [1.807, 2.05) is 6.26 Å². The summed E-state index contributed by atoms with van der Waals surface area (Å²) in [6.45, 7) is 2.04. The SMILES string of the molecule is CCOC(=O)c1ccc(SC)cc1O. The van der Waals surface area contributed by atoms with Gasteiger partial charge in [0.05, 0.1) is 6.61 Å². The molecule has 0 saturated carbocycles. The van der Waals surface area contributed by atoms with Crippen LogP contribution in [0, 0.1) is 0 Å². The van der Waals surface area contributed by atoms with Crippen molar-refractivity contribution in [2.45, 2.75) is 11.8 Å². The molecule has 0 heterocycles. The van der Waals surface area contributed by atoms with Gasteiger partial charge in [0.1, 0.15) is 11.3 Å². The summed E-state index contributed by atoms with van der Waals surface area (Å²) in [5.41, 5.74) is 0.213. The number of benzene rings is 1. The lowest BCUT2D eigenvalue weighted by molar-refractivity contribution is 0.0523. The van der Waals surface area contributed by atoms with Gasteiger partial charge in [0.15, 0.2) is 0 Å². The molecule has 0 bridgehead atoms. The van der Waals surface area contributed by atoms with Gasteiger partial charge in [-0.2, -0.15) is 0 Å². The van der Waals surface area contributed by atoms with Crippen molar-refractivity contribution in [1.29, 1.82) is 0 Å². The molecule has 76 valence electrons. The Balaban J connectivity index is 2.94. The fraction of sp³-hybridized carbons (Fsp3) is 0.300. The van der Waals surface area contributed by atoms with Crippen LogP contribution in [0.1, 0.15) is 17.3 Å². The summed E-state index contributed by atoms with van der Waals surface area (Å²) in [7, 11) is 0. The van der Waals surface area contributed by atoms with E-state index in [0.29, 0.717) is 6.61 Å². The number of carbonyl (C=O) groups excluding carboxylic acids is 1. The zero-order valence-electron chi connectivity index (χ0n) is 8.11. The molecule has 4 heteroatoms. The van der Waals surface area contributed by atoms with Crippen molar-refractivity contribution in [3.05, 3.63) is 23.8 Å². The van der Waals surface area contributed by atoms with Crippen LogP contribution in [0.4, 0.5) is 0 Å². The minimum absolute atomic E-state index is 0.0321. The summed E-state index contributed by atoms with van der Waals surface area (Å²) in [6.07, 6.45) is 1.90. The number of hydrogen-bond acceptors (Lipinski definition) is 4. The summed E-state index contributed by atoms with van der Waals surface area (Å²) < 4.78 is 4.78. The molecule has 0 fully saturated rings. The summed E-state index contributed by atoms with van der Waals surface area (Å²) >= 11 is 1.50. The van der Waals surface area contributed by atoms with Crippen LogP contribution in [-0.4, -0.2) is 23.9 Å². The summed E-state index contributed by atoms with van der Waals surface area (Å²) in [5.74, 6) is -0.520. The molecule has 3 nitrogen and oxygen atoms in total. The first-order valence-electron chi connectivity index (χ1n) is 4.23. The highest BCUT2D eigenvalue weighted by Crippen LogP contribution is 2.24. The van der Waals surface area contributed by atoms with E-state index < -0.39 is 5.97 Å². The van der Waals surface area contributed by atoms with Crippen LogP contribution in [0.25, 0.3) is 0 Å². The van der Waals surface area contributed by atoms with Crippen LogP contribution in [0.5, 0.6) is 5.75 Å². The Hall–Kier alpha value is -1.16. The summed E-state index contributed by atoms with van der Waals surface area (Å²) in [6, 6.07) is 4.90. The number of carbonyl (C=O) groups is 1. The Labute approximate surface area is 87.1 Å². The average Bonchev–Trinajstić information content (AvgIpc) is 2.17. The number of rotatable bonds is 3. The van der Waals surface area contributed by atoms with Crippen molar-refractivity contribution in [1.82, 2.24) is 0 Å². The topological polar surface area (TPSA) is 46.5 Å². The highest BCUT2D eigenvalue weighted by Gasteiger charge is 2.11. The van der Waals surface area contributed by atoms with E-state index in [1.165, 1.54) is 11.8 Å². The van der Waals surface area contributed by atoms with Crippen molar-refractivity contribution >= 4 is 17.7 Å². The van der Waals surface area contributed by atoms with E-state index in [1.54, 1.807) is 25.1 Å². The molecular weight excluding hydrogens is 200 g/mol. The highest BCUT2D eigenvalue weighted by atomic mass is 32.2. The third kappa shape index (κ3) is 2.42. The molecule has 1 aromatic rings. The molecular formula is C10H12O3S. The van der Waals surface area contributed by atoms with Crippen molar-refractivity contribution in [2.24, 2.45) is 0 Å². The first-order chi connectivity index (χ1) is 6.69. The van der Waals surface area contributed by atoms with Crippen LogP contribution in [0.2, 0.25) is 0 Å². The molecule has 0 atom stereocenters. The molecule has 0 aliphatic rings. The molecule has 0 spiro atoms. The van der Waals surface area contributed by atoms with Crippen molar-refractivity contribution < 1.29 is 14.6 Å². The quantitative estimate of drug-likeness (QED) is 0.617. The van der Waals surface area contributed by atoms with Gasteiger partial charge in [-0.25, -0.2) is 4.79 Å². The van der Waals surface area contributed by atoms with Gasteiger partial charge in [0, 0.05) is 4.90 Å². The van der Waals surface area contributed by atoms with Gasteiger partial charge in [-0.3, -0.25) is 0 Å². The van der Waals surface area contributed by atoms with E-state index in [0.717, 1.165) is 4.90 Å². The first-order valence-corrected chi connectivity index (χ1v) is 5.45. The second-order valence-corrected chi connectivity index (χ2v) is 3.48. The van der Waals surface area contributed by atoms with Gasteiger partial charge < -0.3 is 9.84 Å². The Morgan fingerprint density at radius 2 is 2.29 bits per heavy atom. The second kappa shape index (κ2) is 4.91. The maximum Gasteiger partial charge on any atom is 0.341 e. The molecule has 0 aliphatic heterocycles. The van der Waals surface area contributed by atoms with Gasteiger partial charge in [0.25, 0.3) is 0 Å². The number of esters is 1. The number of phenols is 1. The smallest absolute Gasteiger partial charge is 0.341 e. The predicted molar refractivity (Wildman–Crippen MR) is 55.8 cm³/mol. The van der Waals surface area contributed by atoms with Gasteiger partial charge in [-0.15, -0.1) is 11.8 Å². The maximum absolute atomic E-state index is 11.3. The maximum atomic E-state index is 11.3. The minimum atomic E-state index is -0.488. The van der Waals surface area contributed by atoms with E-state index in [-0.39, 0.29) is 11.3 Å². The summed E-state index contributed by atoms with van der Waals surface area (Å²) in [5, 5.41) is 9.51. The largest absolute Gasteiger partial charge is 0.507 e. The van der Waals surface area contributed by atoms with Gasteiger partial charge >= 0.3 is 5.97 Å². The number of aromatic hydroxyl groups is 1. The van der Waals surface area contributed by atoms with Gasteiger partial charge in [-0.05, 0) is 31.4 Å². The monoisotopic (exact) mass is 212 g/mol. The minimum Gasteiger partial charge on any atom is -0.507 e. The predicted octanol–water partition coefficient (Wildman–Crippen LogP) is 2.29. The molecule has 0 aliphatic carbocycles. The third-order valence-corrected chi connectivity index (χ3v) is 2.43. The molecule has 0 amide bonds. The van der Waals surface area contributed by atoms with Crippen LogP contribution in [0.15, 0.2) is 23.1 Å². The standard InChI is InChI=1S/C10H12O3S/c1-3-13-10(12)8-5-4-7(14-2)6-9(8)11/h4-6,11H,3H2,1-2H3. The van der Waals surface area contributed by atoms with Crippen molar-refractivity contribution in [3.63, 3.8) is 0 Å². The Kier molecular flexibility index (Phi) is 3.83. The molecule has 0 radical (unpaired) electrons. The highest BCUT2D eigenvalue weighted by molar-refractivity contribution is 7.98. The number of phenolic OH excluding ortho intramolecular Hbond substituents is 1. The zero-order chi connectivity index (χ0) is 10.6. The lowest BCUT2D eigenvalue weighted by Crippen LogP contribution is -2.04. The van der Waals surface area contributed by atoms with Crippen molar-refractivity contribution in [3.8, 4) is 5.75 Å². The molecule has 14 heavy (non-hydrogen) atoms. The van der Waals surface area contributed by atoms with E-state index in [2.05, 4.69) is 0 Å². The van der Waals surface area contributed by atoms with Gasteiger partial charge in [-0.1, -0.05) is 0 Å². The molecule has 0 saturated heterocycles. The second-order valence-electron chi connectivity index (χ2n) is 2.60. The Bertz CT molecular complexity index is 336. The lowest BCUT2D eigenvalue weighted by atomic mass is 10.2. The fourth-order valence-corrected chi connectivity index (χ4v) is 1.45. The van der Waals surface area contributed by atoms with Crippen LogP contribution in [-0.2, 0) is 4.74 Å². The van der Waals surface area contributed by atoms with Crippen LogP contribution >= 0.6 is 11.8 Å². The normalized spacial score (nSPS) is 9.86. The van der Waals surface area contributed by atoms with E-state index in [4.69, 9.17) is 4.74 Å². The molecule has 0 aromatic heterocycles. The molecule has 1 rings (SSSR count). The lowest BCUT2D eigenvalue weighted by Gasteiger charge is -2.05. The number of hydrogen-bond donors (Lipinski definition) is 1. The summed E-state index contributed by atoms with van der Waals surface area (Å²) in [4.78, 5) is 12.2. The molecule has 1 N–H and O–H groups in total. The molecule has 0 unspecified atom stereocenters. The van der Waals surface area contributed by atoms with Crippen molar-refractivity contribution in [2.75, 3.05) is 12.9 Å². The number of thioether (sulfide) groups is 1. The third-order valence-electron chi connectivity index (χ3n) is 1.70.